The molecule has 1 aliphatic rings. The van der Waals surface area contributed by atoms with Crippen molar-refractivity contribution in [1.82, 2.24) is 0 Å². The summed E-state index contributed by atoms with van der Waals surface area (Å²) in [6.45, 7) is 11.0. The average molecular weight is 571 g/mol. The number of allylic oxidation sites excluding steroid dienone is 1. The number of methoxy groups -OCH3 is 1. The molecule has 0 radical (unpaired) electrons. The third kappa shape index (κ3) is 7.16. The number of fused-ring (bicyclic) bond motifs is 1. The van der Waals surface area contributed by atoms with Crippen LogP contribution in [0.5, 0.6) is 28.7 Å². The molecular formula is C34H38N2O6. The van der Waals surface area contributed by atoms with Gasteiger partial charge in [-0.2, -0.15) is 5.26 Å². The van der Waals surface area contributed by atoms with Crippen molar-refractivity contribution < 1.29 is 28.5 Å². The summed E-state index contributed by atoms with van der Waals surface area (Å²) in [4.78, 5) is 12.6. The first-order chi connectivity index (χ1) is 20.0. The van der Waals surface area contributed by atoms with Crippen molar-refractivity contribution in [1.29, 1.82) is 5.26 Å². The first-order valence-corrected chi connectivity index (χ1v) is 14.0. The SMILES string of the molecule is COc1cc(C2C(C#N)=C(N)Oc3cc(OC(=O)COc4ccc(C(C)(C)C)cc4)ccc32)ccc1OCCC(C)C. The monoisotopic (exact) mass is 570 g/mol. The van der Waals surface area contributed by atoms with Gasteiger partial charge in [0.2, 0.25) is 5.88 Å². The lowest BCUT2D eigenvalue weighted by atomic mass is 9.83. The Morgan fingerprint density at radius 2 is 1.71 bits per heavy atom. The molecule has 1 unspecified atom stereocenters. The Labute approximate surface area is 247 Å². The first kappa shape index (κ1) is 30.3. The van der Waals surface area contributed by atoms with E-state index in [-0.39, 0.29) is 29.2 Å². The van der Waals surface area contributed by atoms with Gasteiger partial charge < -0.3 is 29.4 Å². The van der Waals surface area contributed by atoms with Crippen LogP contribution in [0.4, 0.5) is 0 Å². The maximum atomic E-state index is 12.6. The van der Waals surface area contributed by atoms with E-state index in [2.05, 4.69) is 40.7 Å². The summed E-state index contributed by atoms with van der Waals surface area (Å²) in [6.07, 6.45) is 0.916. The summed E-state index contributed by atoms with van der Waals surface area (Å²) in [6, 6.07) is 20.4. The molecule has 0 saturated heterocycles. The van der Waals surface area contributed by atoms with E-state index in [1.165, 1.54) is 5.56 Å². The zero-order chi connectivity index (χ0) is 30.4. The Morgan fingerprint density at radius 1 is 1.00 bits per heavy atom. The van der Waals surface area contributed by atoms with Crippen LogP contribution >= 0.6 is 0 Å². The Bertz CT molecular complexity index is 1500. The van der Waals surface area contributed by atoms with Gasteiger partial charge in [-0.15, -0.1) is 0 Å². The van der Waals surface area contributed by atoms with E-state index in [4.69, 9.17) is 29.4 Å². The second-order valence-corrected chi connectivity index (χ2v) is 11.6. The molecule has 0 fully saturated rings. The van der Waals surface area contributed by atoms with Crippen LogP contribution in [0.3, 0.4) is 0 Å². The third-order valence-corrected chi connectivity index (χ3v) is 6.97. The van der Waals surface area contributed by atoms with Gasteiger partial charge in [-0.1, -0.05) is 58.9 Å². The predicted molar refractivity (Wildman–Crippen MR) is 160 cm³/mol. The second-order valence-electron chi connectivity index (χ2n) is 11.6. The molecule has 1 atom stereocenters. The number of rotatable bonds is 10. The maximum absolute atomic E-state index is 12.6. The van der Waals surface area contributed by atoms with Gasteiger partial charge in [0.25, 0.3) is 0 Å². The smallest absolute Gasteiger partial charge is 0.349 e. The lowest BCUT2D eigenvalue weighted by Gasteiger charge is -2.27. The minimum atomic E-state index is -0.568. The molecule has 0 aromatic heterocycles. The molecule has 1 aliphatic heterocycles. The summed E-state index contributed by atoms with van der Waals surface area (Å²) < 4.78 is 28.5. The van der Waals surface area contributed by atoms with Gasteiger partial charge in [0.05, 0.1) is 19.6 Å². The van der Waals surface area contributed by atoms with Crippen molar-refractivity contribution in [3.8, 4) is 34.8 Å². The van der Waals surface area contributed by atoms with Crippen LogP contribution in [0.1, 0.15) is 63.6 Å². The molecule has 0 bridgehead atoms. The van der Waals surface area contributed by atoms with Crippen LogP contribution in [0.15, 0.2) is 72.1 Å². The molecule has 3 aromatic carbocycles. The molecule has 0 saturated carbocycles. The number of hydrogen-bond acceptors (Lipinski definition) is 8. The summed E-state index contributed by atoms with van der Waals surface area (Å²) in [5.41, 5.74) is 9.12. The number of nitriles is 1. The van der Waals surface area contributed by atoms with Gasteiger partial charge in [0, 0.05) is 11.6 Å². The van der Waals surface area contributed by atoms with Gasteiger partial charge >= 0.3 is 5.97 Å². The van der Waals surface area contributed by atoms with Gasteiger partial charge in [0.1, 0.15) is 28.9 Å². The highest BCUT2D eigenvalue weighted by molar-refractivity contribution is 5.74. The van der Waals surface area contributed by atoms with Crippen molar-refractivity contribution >= 4 is 5.97 Å². The standard InChI is InChI=1S/C34H38N2O6/c1-21(2)15-16-39-28-14-7-22(17-30(28)38-6)32-26-13-12-25(18-29(26)42-33(36)27(32)19-35)41-31(37)20-40-24-10-8-23(9-11-24)34(3,4)5/h7-14,17-18,21,32H,15-16,20,36H2,1-6H3. The Morgan fingerprint density at radius 3 is 2.36 bits per heavy atom. The number of carbonyl (C=O) groups excluding carboxylic acids is 1. The van der Waals surface area contributed by atoms with Gasteiger partial charge in [-0.3, -0.25) is 0 Å². The fourth-order valence-corrected chi connectivity index (χ4v) is 4.58. The van der Waals surface area contributed by atoms with Crippen molar-refractivity contribution in [2.24, 2.45) is 11.7 Å². The zero-order valence-corrected chi connectivity index (χ0v) is 25.0. The Kier molecular flexibility index (Phi) is 9.31. The minimum absolute atomic E-state index is 0.0169. The lowest BCUT2D eigenvalue weighted by molar-refractivity contribution is -0.136. The van der Waals surface area contributed by atoms with E-state index in [0.29, 0.717) is 41.1 Å². The summed E-state index contributed by atoms with van der Waals surface area (Å²) >= 11 is 0. The van der Waals surface area contributed by atoms with E-state index >= 15 is 0 Å². The molecule has 1 heterocycles. The van der Waals surface area contributed by atoms with Gasteiger partial charge in [-0.05, 0) is 59.2 Å². The highest BCUT2D eigenvalue weighted by Crippen LogP contribution is 2.45. The quantitative estimate of drug-likeness (QED) is 0.214. The van der Waals surface area contributed by atoms with E-state index in [9.17, 15) is 10.1 Å². The first-order valence-electron chi connectivity index (χ1n) is 14.0. The molecule has 42 heavy (non-hydrogen) atoms. The lowest BCUT2D eigenvalue weighted by Crippen LogP contribution is -2.22. The number of nitrogens with two attached hydrogens (primary N) is 1. The fraction of sp³-hybridized carbons (Fsp3) is 0.353. The van der Waals surface area contributed by atoms with E-state index < -0.39 is 11.9 Å². The van der Waals surface area contributed by atoms with Crippen LogP contribution in [-0.4, -0.2) is 26.3 Å². The number of carbonyl (C=O) groups is 1. The molecule has 8 heteroatoms. The van der Waals surface area contributed by atoms with E-state index in [0.717, 1.165) is 12.0 Å². The summed E-state index contributed by atoms with van der Waals surface area (Å²) in [7, 11) is 1.58. The topological polar surface area (TPSA) is 113 Å². The van der Waals surface area contributed by atoms with Crippen molar-refractivity contribution in [3.63, 3.8) is 0 Å². The van der Waals surface area contributed by atoms with Crippen LogP contribution in [0.2, 0.25) is 0 Å². The molecule has 0 amide bonds. The van der Waals surface area contributed by atoms with Crippen LogP contribution in [0, 0.1) is 17.2 Å². The van der Waals surface area contributed by atoms with E-state index in [1.54, 1.807) is 25.3 Å². The van der Waals surface area contributed by atoms with Crippen molar-refractivity contribution in [2.75, 3.05) is 20.3 Å². The fourth-order valence-electron chi connectivity index (χ4n) is 4.58. The largest absolute Gasteiger partial charge is 0.493 e. The maximum Gasteiger partial charge on any atom is 0.349 e. The molecule has 8 nitrogen and oxygen atoms in total. The van der Waals surface area contributed by atoms with Crippen molar-refractivity contribution in [2.45, 2.75) is 52.4 Å². The highest BCUT2D eigenvalue weighted by atomic mass is 16.6. The molecule has 3 aromatic rings. The predicted octanol–water partition coefficient (Wildman–Crippen LogP) is 6.62. The zero-order valence-electron chi connectivity index (χ0n) is 25.0. The molecule has 2 N–H and O–H groups in total. The van der Waals surface area contributed by atoms with Crippen LogP contribution < -0.4 is 29.4 Å². The summed E-state index contributed by atoms with van der Waals surface area (Å²) in [5.74, 6) is 1.83. The van der Waals surface area contributed by atoms with E-state index in [1.807, 2.05) is 42.5 Å². The van der Waals surface area contributed by atoms with Crippen LogP contribution in [-0.2, 0) is 10.2 Å². The molecule has 0 aliphatic carbocycles. The number of benzene rings is 3. The normalized spacial score (nSPS) is 14.5. The molecule has 0 spiro atoms. The number of ether oxygens (including phenoxy) is 5. The molecule has 4 rings (SSSR count). The second kappa shape index (κ2) is 12.9. The van der Waals surface area contributed by atoms with Gasteiger partial charge in [-0.25, -0.2) is 4.79 Å². The minimum Gasteiger partial charge on any atom is -0.493 e. The summed E-state index contributed by atoms with van der Waals surface area (Å²) in [5, 5.41) is 9.94. The van der Waals surface area contributed by atoms with Crippen molar-refractivity contribution in [3.05, 3.63) is 88.8 Å². The number of nitrogens with zero attached hydrogens (tertiary/aromatic N) is 1. The highest BCUT2D eigenvalue weighted by Gasteiger charge is 2.32. The number of hydrogen-bond donors (Lipinski definition) is 1. The Hall–Kier alpha value is -4.64. The molecule has 220 valence electrons. The molecular weight excluding hydrogens is 532 g/mol. The average Bonchev–Trinajstić information content (AvgIpc) is 2.95. The van der Waals surface area contributed by atoms with Crippen LogP contribution in [0.25, 0.3) is 0 Å². The third-order valence-electron chi connectivity index (χ3n) is 6.97. The van der Waals surface area contributed by atoms with Gasteiger partial charge in [0.15, 0.2) is 18.1 Å². The number of esters is 1. The Balaban J connectivity index is 1.50.